The van der Waals surface area contributed by atoms with Crippen molar-refractivity contribution in [1.29, 1.82) is 0 Å². The molecule has 0 spiro atoms. The number of Topliss-reactive ketones (excluding diaryl/α,β-unsaturated/α-hetero) is 1. The van der Waals surface area contributed by atoms with E-state index in [1.165, 1.54) is 11.1 Å². The molecule has 0 aromatic carbocycles. The van der Waals surface area contributed by atoms with Gasteiger partial charge in [-0.2, -0.15) is 0 Å². The number of ether oxygens (including phenoxy) is 2. The van der Waals surface area contributed by atoms with Crippen LogP contribution in [0.25, 0.3) is 0 Å². The second-order valence-electron chi connectivity index (χ2n) is 11.5. The Morgan fingerprint density at radius 3 is 2.56 bits per heavy atom. The van der Waals surface area contributed by atoms with E-state index in [4.69, 9.17) is 9.47 Å². The van der Waals surface area contributed by atoms with Crippen LogP contribution in [0.15, 0.2) is 35.5 Å². The Labute approximate surface area is 214 Å². The Bertz CT molecular complexity index is 1050. The topological polar surface area (TPSA) is 86.7 Å². The van der Waals surface area contributed by atoms with Crippen LogP contribution in [-0.2, 0) is 28.7 Å². The van der Waals surface area contributed by atoms with Gasteiger partial charge in [-0.15, -0.1) is 0 Å². The van der Waals surface area contributed by atoms with Gasteiger partial charge in [0.05, 0.1) is 0 Å². The predicted molar refractivity (Wildman–Crippen MR) is 136 cm³/mol. The van der Waals surface area contributed by atoms with Gasteiger partial charge in [0, 0.05) is 23.7 Å². The van der Waals surface area contributed by atoms with Gasteiger partial charge in [-0.3, -0.25) is 19.2 Å². The van der Waals surface area contributed by atoms with E-state index in [1.807, 2.05) is 13.0 Å². The maximum Gasteiger partial charge on any atom is 0.306 e. The van der Waals surface area contributed by atoms with E-state index >= 15 is 0 Å². The van der Waals surface area contributed by atoms with E-state index in [0.717, 1.165) is 19.3 Å². The Hall–Kier alpha value is -2.50. The molecule has 0 bridgehead atoms. The third-order valence-electron chi connectivity index (χ3n) is 9.52. The van der Waals surface area contributed by atoms with E-state index in [2.05, 4.69) is 26.8 Å². The molecule has 2 fully saturated rings. The second kappa shape index (κ2) is 9.75. The van der Waals surface area contributed by atoms with Crippen molar-refractivity contribution in [2.75, 3.05) is 6.61 Å². The lowest BCUT2D eigenvalue weighted by Crippen LogP contribution is -2.58. The molecule has 0 aliphatic heterocycles. The molecule has 4 aliphatic rings. The first-order chi connectivity index (χ1) is 17.0. The number of ketones is 2. The van der Waals surface area contributed by atoms with E-state index in [-0.39, 0.29) is 60.2 Å². The number of esters is 2. The van der Waals surface area contributed by atoms with Crippen LogP contribution in [0.3, 0.4) is 0 Å². The number of rotatable bonds is 8. The molecule has 0 aromatic rings. The first kappa shape index (κ1) is 26.6. The summed E-state index contributed by atoms with van der Waals surface area (Å²) in [5.74, 6) is -0.457. The molecule has 6 nitrogen and oxygen atoms in total. The Morgan fingerprint density at radius 1 is 1.11 bits per heavy atom. The van der Waals surface area contributed by atoms with Gasteiger partial charge in [-0.05, 0) is 74.5 Å². The van der Waals surface area contributed by atoms with E-state index < -0.39 is 17.0 Å². The first-order valence-corrected chi connectivity index (χ1v) is 13.6. The highest BCUT2D eigenvalue weighted by Gasteiger charge is 2.67. The minimum absolute atomic E-state index is 0.0418. The number of hydrogen-bond acceptors (Lipinski definition) is 6. The molecule has 196 valence electrons. The fourth-order valence-corrected chi connectivity index (χ4v) is 7.54. The summed E-state index contributed by atoms with van der Waals surface area (Å²) in [6.45, 7) is 9.79. The number of hydrogen-bond donors (Lipinski definition) is 0. The van der Waals surface area contributed by atoms with Crippen LogP contribution in [0.1, 0.15) is 86.0 Å². The van der Waals surface area contributed by atoms with Crippen molar-refractivity contribution in [1.82, 2.24) is 0 Å². The molecule has 4 rings (SSSR count). The summed E-state index contributed by atoms with van der Waals surface area (Å²) in [4.78, 5) is 50.7. The molecule has 4 aliphatic carbocycles. The molecule has 36 heavy (non-hydrogen) atoms. The number of allylic oxidation sites excluding steroid dienone is 6. The quantitative estimate of drug-likeness (QED) is 0.328. The van der Waals surface area contributed by atoms with Gasteiger partial charge in [0.25, 0.3) is 0 Å². The summed E-state index contributed by atoms with van der Waals surface area (Å²) >= 11 is 0. The molecular weight excluding hydrogens is 456 g/mol. The van der Waals surface area contributed by atoms with Crippen LogP contribution in [0.2, 0.25) is 0 Å². The van der Waals surface area contributed by atoms with Gasteiger partial charge in [0.2, 0.25) is 5.78 Å². The van der Waals surface area contributed by atoms with Gasteiger partial charge in [-0.25, -0.2) is 0 Å². The summed E-state index contributed by atoms with van der Waals surface area (Å²) in [5.41, 5.74) is 0.276. The fraction of sp³-hybridized carbons (Fsp3) is 0.667. The van der Waals surface area contributed by atoms with Gasteiger partial charge in [-0.1, -0.05) is 51.8 Å². The molecule has 0 saturated heterocycles. The van der Waals surface area contributed by atoms with Crippen molar-refractivity contribution in [3.05, 3.63) is 35.5 Å². The minimum atomic E-state index is -1.31. The molecule has 0 amide bonds. The fourth-order valence-electron chi connectivity index (χ4n) is 7.54. The van der Waals surface area contributed by atoms with Crippen molar-refractivity contribution >= 4 is 23.5 Å². The largest absolute Gasteiger partial charge is 0.457 e. The smallest absolute Gasteiger partial charge is 0.306 e. The highest BCUT2D eigenvalue weighted by atomic mass is 16.6. The first-order valence-electron chi connectivity index (χ1n) is 13.6. The Kier molecular flexibility index (Phi) is 7.20. The third kappa shape index (κ3) is 4.10. The SMILES string of the molecule is CCCCC(=O)O[C@]1(C(=O)COC(=O)CC)CC[C@H]2[C@@H]3C[C@H](C)C4=CC(=O)C=C[C@]4(C)C3=CC[C@@]21C. The number of carbonyl (C=O) groups excluding carboxylic acids is 4. The summed E-state index contributed by atoms with van der Waals surface area (Å²) in [6, 6.07) is 0. The lowest BCUT2D eigenvalue weighted by molar-refractivity contribution is -0.186. The zero-order valence-electron chi connectivity index (χ0n) is 22.4. The lowest BCUT2D eigenvalue weighted by atomic mass is 9.49. The van der Waals surface area contributed by atoms with Gasteiger partial charge < -0.3 is 9.47 Å². The maximum absolute atomic E-state index is 13.8. The van der Waals surface area contributed by atoms with E-state index in [1.54, 1.807) is 19.1 Å². The van der Waals surface area contributed by atoms with Crippen LogP contribution in [0.4, 0.5) is 0 Å². The molecule has 0 aromatic heterocycles. The average Bonchev–Trinajstić information content (AvgIpc) is 3.15. The highest BCUT2D eigenvalue weighted by molar-refractivity contribution is 6.01. The van der Waals surface area contributed by atoms with Crippen LogP contribution in [-0.4, -0.2) is 35.7 Å². The zero-order valence-corrected chi connectivity index (χ0v) is 22.4. The number of fused-ring (bicyclic) bond motifs is 5. The third-order valence-corrected chi connectivity index (χ3v) is 9.52. The molecule has 6 atom stereocenters. The monoisotopic (exact) mass is 496 g/mol. The summed E-state index contributed by atoms with van der Waals surface area (Å²) in [5, 5.41) is 0. The highest BCUT2D eigenvalue weighted by Crippen LogP contribution is 2.66. The minimum Gasteiger partial charge on any atom is -0.457 e. The molecule has 6 heteroatoms. The Balaban J connectivity index is 1.72. The maximum atomic E-state index is 13.8. The standard InChI is InChI=1S/C30H40O6/c1-6-8-9-27(34)36-30(25(32)18-35-26(33)7-2)15-12-23-21-16-19(3)24-17-20(31)10-13-28(24,4)22(21)11-14-29(23,30)5/h10-11,13,17,19,21,23H,6-9,12,14-16,18H2,1-5H3/t19-,21+,23-,28+,29-,30-/m0/s1. The zero-order chi connectivity index (χ0) is 26.3. The summed E-state index contributed by atoms with van der Waals surface area (Å²) in [6.07, 6.45) is 12.5. The second-order valence-corrected chi connectivity index (χ2v) is 11.5. The molecule has 0 N–H and O–H groups in total. The van der Waals surface area contributed by atoms with Crippen molar-refractivity contribution in [2.24, 2.45) is 28.6 Å². The van der Waals surface area contributed by atoms with Gasteiger partial charge in [0.1, 0.15) is 0 Å². The number of unbranched alkanes of at least 4 members (excludes halogenated alkanes) is 1. The lowest BCUT2D eigenvalue weighted by Gasteiger charge is -2.55. The molecular formula is C30H40O6. The van der Waals surface area contributed by atoms with E-state index in [9.17, 15) is 19.2 Å². The van der Waals surface area contributed by atoms with Crippen LogP contribution in [0, 0.1) is 28.6 Å². The van der Waals surface area contributed by atoms with Crippen LogP contribution < -0.4 is 0 Å². The predicted octanol–water partition coefficient (Wildman–Crippen LogP) is 5.45. The molecule has 0 radical (unpaired) electrons. The van der Waals surface area contributed by atoms with E-state index in [0.29, 0.717) is 19.3 Å². The van der Waals surface area contributed by atoms with Gasteiger partial charge in [0.15, 0.2) is 18.0 Å². The molecule has 0 unspecified atom stereocenters. The molecule has 0 heterocycles. The molecule has 2 saturated carbocycles. The van der Waals surface area contributed by atoms with Crippen molar-refractivity contribution in [2.45, 2.75) is 91.6 Å². The van der Waals surface area contributed by atoms with Crippen molar-refractivity contribution in [3.8, 4) is 0 Å². The van der Waals surface area contributed by atoms with Crippen molar-refractivity contribution in [3.63, 3.8) is 0 Å². The Morgan fingerprint density at radius 2 is 1.86 bits per heavy atom. The summed E-state index contributed by atoms with van der Waals surface area (Å²) in [7, 11) is 0. The van der Waals surface area contributed by atoms with Crippen LogP contribution in [0.5, 0.6) is 0 Å². The normalized spacial score (nSPS) is 36.7. The van der Waals surface area contributed by atoms with Crippen molar-refractivity contribution < 1.29 is 28.7 Å². The van der Waals surface area contributed by atoms with Crippen LogP contribution >= 0.6 is 0 Å². The van der Waals surface area contributed by atoms with Gasteiger partial charge >= 0.3 is 11.9 Å². The summed E-state index contributed by atoms with van der Waals surface area (Å²) < 4.78 is 11.4. The number of carbonyl (C=O) groups is 4. The average molecular weight is 497 g/mol.